The lowest BCUT2D eigenvalue weighted by atomic mass is 9.55. The molecule has 2 aromatic carbocycles. The fraction of sp³-hybridized carbons (Fsp3) is 0.360. The van der Waals surface area contributed by atoms with E-state index in [1.54, 1.807) is 43.5 Å². The van der Waals surface area contributed by atoms with Crippen LogP contribution in [0.2, 0.25) is 0 Å². The number of benzene rings is 2. The number of methoxy groups -OCH3 is 2. The molecule has 2 N–H and O–H groups in total. The first-order valence-corrected chi connectivity index (χ1v) is 12.5. The smallest absolute Gasteiger partial charge is 0.487 e. The third-order valence-corrected chi connectivity index (χ3v) is 8.01. The lowest BCUT2D eigenvalue weighted by Crippen LogP contribution is -2.45. The first-order chi connectivity index (χ1) is 16.8. The second-order valence-corrected chi connectivity index (χ2v) is 10.2. The van der Waals surface area contributed by atoms with Gasteiger partial charge in [0.05, 0.1) is 40.9 Å². The topological polar surface area (TPSA) is 106 Å². The highest BCUT2D eigenvalue weighted by Crippen LogP contribution is 2.52. The fourth-order valence-electron chi connectivity index (χ4n) is 5.70. The lowest BCUT2D eigenvalue weighted by molar-refractivity contribution is -0.123. The van der Waals surface area contributed by atoms with Crippen LogP contribution in [-0.2, 0) is 19.0 Å². The van der Waals surface area contributed by atoms with Gasteiger partial charge in [-0.1, -0.05) is 18.2 Å². The number of carbonyl (C=O) groups is 2. The largest absolute Gasteiger partial charge is 0.504 e. The predicted molar refractivity (Wildman–Crippen MR) is 137 cm³/mol. The van der Waals surface area contributed by atoms with Gasteiger partial charge < -0.3 is 24.3 Å². The van der Waals surface area contributed by atoms with Gasteiger partial charge in [0.15, 0.2) is 11.5 Å². The van der Waals surface area contributed by atoms with E-state index < -0.39 is 31.0 Å². The molecular formula is C25H25BINO7. The highest BCUT2D eigenvalue weighted by atomic mass is 127. The average molecular weight is 589 g/mol. The molecule has 2 fully saturated rings. The van der Waals surface area contributed by atoms with Crippen LogP contribution >= 0.6 is 22.6 Å². The molecule has 4 atom stereocenters. The molecule has 0 aromatic heterocycles. The van der Waals surface area contributed by atoms with Crippen LogP contribution < -0.4 is 9.64 Å². The highest BCUT2D eigenvalue weighted by molar-refractivity contribution is 14.1. The Labute approximate surface area is 217 Å². The van der Waals surface area contributed by atoms with Gasteiger partial charge in [-0.25, -0.2) is 0 Å². The van der Waals surface area contributed by atoms with Crippen molar-refractivity contribution in [1.82, 2.24) is 0 Å². The third kappa shape index (κ3) is 4.06. The van der Waals surface area contributed by atoms with Gasteiger partial charge in [0.25, 0.3) is 0 Å². The van der Waals surface area contributed by atoms with E-state index in [9.17, 15) is 19.7 Å². The highest BCUT2D eigenvalue weighted by Gasteiger charge is 2.58. The Balaban J connectivity index is 1.56. The number of anilines is 1. The van der Waals surface area contributed by atoms with Crippen molar-refractivity contribution in [3.05, 3.63) is 62.6 Å². The van der Waals surface area contributed by atoms with Crippen molar-refractivity contribution in [3.63, 3.8) is 0 Å². The van der Waals surface area contributed by atoms with Gasteiger partial charge in [0.2, 0.25) is 11.8 Å². The van der Waals surface area contributed by atoms with Crippen molar-refractivity contribution in [2.45, 2.75) is 18.9 Å². The summed E-state index contributed by atoms with van der Waals surface area (Å²) in [5.74, 6) is -1.66. The Morgan fingerprint density at radius 1 is 1.14 bits per heavy atom. The SMILES string of the molecule is COCC1=C2B(O)O[C@H](c3cc(I)c(O)c(OC)c3)C[C@H]2[C@H]2C(=O)N(c3ccccc3)C(=O)[C@H]2C1. The molecule has 2 saturated heterocycles. The van der Waals surface area contributed by atoms with E-state index in [1.165, 1.54) is 12.0 Å². The minimum atomic E-state index is -1.24. The molecule has 2 aromatic rings. The Hall–Kier alpha value is -2.41. The summed E-state index contributed by atoms with van der Waals surface area (Å²) in [5.41, 5.74) is 2.71. The molecule has 2 amide bonds. The van der Waals surface area contributed by atoms with Crippen molar-refractivity contribution < 1.29 is 33.8 Å². The monoisotopic (exact) mass is 589 g/mol. The molecule has 8 nitrogen and oxygen atoms in total. The molecule has 0 saturated carbocycles. The summed E-state index contributed by atoms with van der Waals surface area (Å²) in [6, 6.07) is 12.4. The zero-order chi connectivity index (χ0) is 24.9. The number of nitrogens with zero attached hydrogens (tertiary/aromatic N) is 1. The van der Waals surface area contributed by atoms with E-state index in [1.807, 2.05) is 28.7 Å². The van der Waals surface area contributed by atoms with E-state index >= 15 is 0 Å². The quantitative estimate of drug-likeness (QED) is 0.314. The first-order valence-electron chi connectivity index (χ1n) is 11.4. The number of phenolic OH excluding ortho intramolecular Hbond substituents is 1. The maximum absolute atomic E-state index is 13.7. The number of rotatable bonds is 5. The normalized spacial score (nSPS) is 26.2. The van der Waals surface area contributed by atoms with Crippen LogP contribution in [0.25, 0.3) is 0 Å². The van der Waals surface area contributed by atoms with Crippen LogP contribution in [0.1, 0.15) is 24.5 Å². The van der Waals surface area contributed by atoms with Gasteiger partial charge >= 0.3 is 7.12 Å². The summed E-state index contributed by atoms with van der Waals surface area (Å²) in [7, 11) is 1.79. The number of hydrogen-bond acceptors (Lipinski definition) is 7. The van der Waals surface area contributed by atoms with Crippen LogP contribution in [0.15, 0.2) is 53.5 Å². The van der Waals surface area contributed by atoms with Gasteiger partial charge in [0, 0.05) is 7.11 Å². The van der Waals surface area contributed by atoms with E-state index in [2.05, 4.69) is 0 Å². The maximum atomic E-state index is 13.7. The van der Waals surface area contributed by atoms with Crippen LogP contribution in [0, 0.1) is 21.3 Å². The van der Waals surface area contributed by atoms with E-state index in [0.29, 0.717) is 38.9 Å². The summed E-state index contributed by atoms with van der Waals surface area (Å²) in [4.78, 5) is 28.5. The number of hydrogen-bond donors (Lipinski definition) is 2. The van der Waals surface area contributed by atoms with E-state index in [-0.39, 0.29) is 24.2 Å². The maximum Gasteiger partial charge on any atom is 0.487 e. The average Bonchev–Trinajstić information content (AvgIpc) is 3.10. The standard InChI is InChI=1S/C25H25BINO7/c1-33-12-14-8-17-21(25(31)28(24(17)30)15-6-4-3-5-7-15)16-11-19(35-26(32)22(14)16)13-9-18(27)23(29)20(10-13)34-2/h3-7,9-10,16-17,19,21,29,32H,8,11-12H2,1-2H3/t16-,17-,19-,21+/m0/s1. The minimum absolute atomic E-state index is 0.0315. The number of imide groups is 1. The molecule has 0 spiro atoms. The zero-order valence-electron chi connectivity index (χ0n) is 19.3. The number of amides is 2. The predicted octanol–water partition coefficient (Wildman–Crippen LogP) is 3.26. The van der Waals surface area contributed by atoms with E-state index in [4.69, 9.17) is 14.1 Å². The molecule has 35 heavy (non-hydrogen) atoms. The molecule has 10 heteroatoms. The molecule has 0 radical (unpaired) electrons. The number of halogens is 1. The summed E-state index contributed by atoms with van der Waals surface area (Å²) >= 11 is 2.01. The van der Waals surface area contributed by atoms with Crippen molar-refractivity contribution in [2.24, 2.45) is 17.8 Å². The molecule has 5 rings (SSSR count). The third-order valence-electron chi connectivity index (χ3n) is 7.19. The number of carbonyl (C=O) groups excluding carboxylic acids is 2. The van der Waals surface area contributed by atoms with Gasteiger partial charge in [-0.3, -0.25) is 14.5 Å². The molecule has 0 bridgehead atoms. The fourth-order valence-corrected chi connectivity index (χ4v) is 6.32. The Kier molecular flexibility index (Phi) is 6.64. The first kappa shape index (κ1) is 24.3. The molecule has 2 heterocycles. The number of aromatic hydroxyl groups is 1. The second-order valence-electron chi connectivity index (χ2n) is 9.05. The Bertz CT molecular complexity index is 1200. The molecule has 0 unspecified atom stereocenters. The van der Waals surface area contributed by atoms with Crippen LogP contribution in [0.3, 0.4) is 0 Å². The summed E-state index contributed by atoms with van der Waals surface area (Å²) in [6.07, 6.45) is 0.179. The van der Waals surface area contributed by atoms with Crippen molar-refractivity contribution >= 4 is 47.2 Å². The molecular weight excluding hydrogens is 564 g/mol. The van der Waals surface area contributed by atoms with E-state index in [0.717, 1.165) is 5.57 Å². The Morgan fingerprint density at radius 2 is 1.89 bits per heavy atom. The van der Waals surface area contributed by atoms with Crippen LogP contribution in [0.4, 0.5) is 5.69 Å². The van der Waals surface area contributed by atoms with Crippen molar-refractivity contribution in [3.8, 4) is 11.5 Å². The Morgan fingerprint density at radius 3 is 2.57 bits per heavy atom. The number of phenols is 1. The minimum Gasteiger partial charge on any atom is -0.504 e. The number of allylic oxidation sites excluding steroid dienone is 1. The van der Waals surface area contributed by atoms with Gasteiger partial charge in [0.1, 0.15) is 0 Å². The molecule has 2 aliphatic heterocycles. The molecule has 1 aliphatic carbocycles. The zero-order valence-corrected chi connectivity index (χ0v) is 21.5. The van der Waals surface area contributed by atoms with Crippen molar-refractivity contribution in [1.29, 1.82) is 0 Å². The lowest BCUT2D eigenvalue weighted by Gasteiger charge is -2.42. The van der Waals surface area contributed by atoms with Gasteiger partial charge in [-0.2, -0.15) is 0 Å². The van der Waals surface area contributed by atoms with Gasteiger partial charge in [-0.05, 0) is 82.2 Å². The number of fused-ring (bicyclic) bond motifs is 3. The van der Waals surface area contributed by atoms with Crippen LogP contribution in [-0.4, -0.2) is 49.9 Å². The summed E-state index contributed by atoms with van der Waals surface area (Å²) in [5, 5.41) is 21.4. The second kappa shape index (κ2) is 9.57. The van der Waals surface area contributed by atoms with Gasteiger partial charge in [-0.15, -0.1) is 0 Å². The van der Waals surface area contributed by atoms with Crippen molar-refractivity contribution in [2.75, 3.05) is 25.7 Å². The number of ether oxygens (including phenoxy) is 2. The summed E-state index contributed by atoms with van der Waals surface area (Å²) in [6.45, 7) is 0.248. The van der Waals surface area contributed by atoms with Crippen LogP contribution in [0.5, 0.6) is 11.5 Å². The summed E-state index contributed by atoms with van der Waals surface area (Å²) < 4.78 is 17.3. The molecule has 182 valence electrons. The molecule has 3 aliphatic rings. The number of para-hydroxylation sites is 1.